The highest BCUT2D eigenvalue weighted by Gasteiger charge is 2.31. The topological polar surface area (TPSA) is 99.2 Å². The van der Waals surface area contributed by atoms with Gasteiger partial charge in [0, 0.05) is 30.9 Å². The second-order valence-corrected chi connectivity index (χ2v) is 6.57. The predicted octanol–water partition coefficient (Wildman–Crippen LogP) is 2.36. The van der Waals surface area contributed by atoms with Crippen LogP contribution in [0, 0.1) is 0 Å². The van der Waals surface area contributed by atoms with Crippen LogP contribution >= 0.6 is 0 Å². The van der Waals surface area contributed by atoms with Gasteiger partial charge in [-0.05, 0) is 25.7 Å². The third kappa shape index (κ3) is 4.76. The van der Waals surface area contributed by atoms with Crippen LogP contribution in [0.2, 0.25) is 0 Å². The minimum absolute atomic E-state index is 0.0826. The fraction of sp³-hybridized carbons (Fsp3) is 0.529. The van der Waals surface area contributed by atoms with Gasteiger partial charge < -0.3 is 10.5 Å². The largest absolute Gasteiger partial charge is 0.443 e. The van der Waals surface area contributed by atoms with Crippen molar-refractivity contribution in [1.82, 2.24) is 19.7 Å². The Morgan fingerprint density at radius 1 is 1.30 bits per heavy atom. The minimum Gasteiger partial charge on any atom is -0.443 e. The summed E-state index contributed by atoms with van der Waals surface area (Å²) >= 11 is 0. The molecule has 3 rings (SSSR count). The molecule has 0 saturated heterocycles. The maximum atomic E-state index is 12.4. The van der Waals surface area contributed by atoms with Gasteiger partial charge in [0.2, 0.25) is 0 Å². The van der Waals surface area contributed by atoms with E-state index in [2.05, 4.69) is 15.1 Å². The van der Waals surface area contributed by atoms with Crippen LogP contribution in [0.4, 0.5) is 19.4 Å². The molecule has 0 aromatic carbocycles. The van der Waals surface area contributed by atoms with Crippen molar-refractivity contribution in [3.05, 3.63) is 24.8 Å². The van der Waals surface area contributed by atoms with Gasteiger partial charge in [0.25, 0.3) is 6.43 Å². The lowest BCUT2D eigenvalue weighted by Gasteiger charge is -2.34. The fourth-order valence-corrected chi connectivity index (χ4v) is 3.14. The summed E-state index contributed by atoms with van der Waals surface area (Å²) in [5.41, 5.74) is 7.31. The second kappa shape index (κ2) is 8.38. The summed E-state index contributed by atoms with van der Waals surface area (Å²) in [6.07, 6.45) is 5.62. The third-order valence-corrected chi connectivity index (χ3v) is 4.52. The minimum atomic E-state index is -2.73. The Bertz CT molecular complexity index is 759. The molecule has 1 fully saturated rings. The van der Waals surface area contributed by atoms with Gasteiger partial charge in [-0.15, -0.1) is 0 Å². The highest BCUT2D eigenvalue weighted by Crippen LogP contribution is 2.27. The Labute approximate surface area is 155 Å². The molecule has 1 aliphatic carbocycles. The fourth-order valence-electron chi connectivity index (χ4n) is 3.14. The Hall–Kier alpha value is -2.62. The maximum Gasteiger partial charge on any atom is 0.415 e. The predicted molar refractivity (Wildman–Crippen MR) is 94.3 cm³/mol. The summed E-state index contributed by atoms with van der Waals surface area (Å²) in [5.74, 6) is 0.266. The Balaban J connectivity index is 1.81. The van der Waals surface area contributed by atoms with Gasteiger partial charge in [-0.2, -0.15) is 5.10 Å². The van der Waals surface area contributed by atoms with E-state index in [4.69, 9.17) is 10.5 Å². The first kappa shape index (κ1) is 19.2. The summed E-state index contributed by atoms with van der Waals surface area (Å²) in [7, 11) is 1.79. The number of hydrogen-bond acceptors (Lipinski definition) is 6. The zero-order valence-electron chi connectivity index (χ0n) is 15.0. The molecule has 2 heterocycles. The van der Waals surface area contributed by atoms with Crippen molar-refractivity contribution in [3.63, 3.8) is 0 Å². The maximum absolute atomic E-state index is 12.4. The molecule has 2 aromatic rings. The molecule has 0 spiro atoms. The lowest BCUT2D eigenvalue weighted by atomic mass is 9.91. The number of amides is 1. The third-order valence-electron chi connectivity index (χ3n) is 4.52. The molecular weight excluding hydrogens is 358 g/mol. The molecule has 8 nitrogen and oxygen atoms in total. The normalized spacial score (nSPS) is 19.9. The number of aryl methyl sites for hydroxylation is 1. The molecule has 146 valence electrons. The Morgan fingerprint density at radius 3 is 2.59 bits per heavy atom. The molecule has 10 heteroatoms. The van der Waals surface area contributed by atoms with Crippen LogP contribution in [-0.4, -0.2) is 51.0 Å². The van der Waals surface area contributed by atoms with E-state index in [-0.39, 0.29) is 17.9 Å². The summed E-state index contributed by atoms with van der Waals surface area (Å²) < 4.78 is 31.3. The van der Waals surface area contributed by atoms with Crippen LogP contribution in [0.1, 0.15) is 25.7 Å². The number of alkyl halides is 2. The van der Waals surface area contributed by atoms with Crippen molar-refractivity contribution >= 4 is 11.9 Å². The van der Waals surface area contributed by atoms with Gasteiger partial charge in [-0.1, -0.05) is 0 Å². The number of rotatable bonds is 5. The van der Waals surface area contributed by atoms with Gasteiger partial charge in [-0.3, -0.25) is 14.6 Å². The molecule has 2 aromatic heterocycles. The number of carbonyl (C=O) groups is 1. The Morgan fingerprint density at radius 2 is 2.04 bits per heavy atom. The first-order valence-corrected chi connectivity index (χ1v) is 8.75. The first-order chi connectivity index (χ1) is 12.9. The number of nitrogens with two attached hydrogens (primary N) is 1. The van der Waals surface area contributed by atoms with Crippen molar-refractivity contribution in [2.24, 2.45) is 12.8 Å². The van der Waals surface area contributed by atoms with Crippen molar-refractivity contribution in [2.45, 2.75) is 44.2 Å². The molecule has 0 aliphatic heterocycles. The van der Waals surface area contributed by atoms with E-state index in [1.807, 2.05) is 0 Å². The molecule has 0 bridgehead atoms. The monoisotopic (exact) mass is 380 g/mol. The number of halogens is 2. The van der Waals surface area contributed by atoms with Crippen LogP contribution in [0.15, 0.2) is 24.8 Å². The number of ether oxygens (including phenoxy) is 1. The van der Waals surface area contributed by atoms with Crippen molar-refractivity contribution in [3.8, 4) is 11.3 Å². The first-order valence-electron chi connectivity index (χ1n) is 8.75. The van der Waals surface area contributed by atoms with Gasteiger partial charge in [0.1, 0.15) is 0 Å². The van der Waals surface area contributed by atoms with Crippen LogP contribution in [0.25, 0.3) is 11.3 Å². The SMILES string of the molecule is Cn1cc(-c2cnc(N(C(=O)OCC(F)F)[C@H]3CC[C@H](N)CC3)cn2)cn1. The number of hydrogen-bond donors (Lipinski definition) is 1. The van der Waals surface area contributed by atoms with E-state index >= 15 is 0 Å². The number of carbonyl (C=O) groups excluding carboxylic acids is 1. The van der Waals surface area contributed by atoms with E-state index in [0.29, 0.717) is 18.5 Å². The van der Waals surface area contributed by atoms with Crippen molar-refractivity contribution in [1.29, 1.82) is 0 Å². The number of anilines is 1. The summed E-state index contributed by atoms with van der Waals surface area (Å²) in [6, 6.07) is -0.132. The van der Waals surface area contributed by atoms with Crippen LogP contribution in [-0.2, 0) is 11.8 Å². The van der Waals surface area contributed by atoms with Gasteiger partial charge in [-0.25, -0.2) is 18.6 Å². The average Bonchev–Trinajstić information content (AvgIpc) is 3.09. The standard InChI is InChI=1S/C17H22F2N6O2/c1-24-9-11(6-23-24)14-7-22-16(8-21-14)25(17(26)27-10-15(18)19)13-4-2-12(20)3-5-13/h6-9,12-13,15H,2-5,10,20H2,1H3/t12-,13-. The van der Waals surface area contributed by atoms with Crippen molar-refractivity contribution < 1.29 is 18.3 Å². The molecular formula is C17H22F2N6O2. The van der Waals surface area contributed by atoms with Crippen LogP contribution in [0.5, 0.6) is 0 Å². The molecule has 2 N–H and O–H groups in total. The number of nitrogens with zero attached hydrogens (tertiary/aromatic N) is 5. The van der Waals surface area contributed by atoms with E-state index in [1.165, 1.54) is 17.3 Å². The molecule has 0 radical (unpaired) electrons. The number of aromatic nitrogens is 4. The molecule has 1 saturated carbocycles. The van der Waals surface area contributed by atoms with E-state index in [1.54, 1.807) is 24.1 Å². The molecule has 27 heavy (non-hydrogen) atoms. The smallest absolute Gasteiger partial charge is 0.415 e. The summed E-state index contributed by atoms with van der Waals surface area (Å²) in [5, 5.41) is 4.08. The molecule has 0 unspecified atom stereocenters. The lowest BCUT2D eigenvalue weighted by molar-refractivity contribution is 0.0505. The zero-order valence-corrected chi connectivity index (χ0v) is 15.0. The Kier molecular flexibility index (Phi) is 5.94. The molecule has 0 atom stereocenters. The molecule has 1 amide bonds. The summed E-state index contributed by atoms with van der Waals surface area (Å²) in [4.78, 5) is 22.4. The highest BCUT2D eigenvalue weighted by atomic mass is 19.3. The highest BCUT2D eigenvalue weighted by molar-refractivity contribution is 5.87. The van der Waals surface area contributed by atoms with Crippen LogP contribution < -0.4 is 10.6 Å². The second-order valence-electron chi connectivity index (χ2n) is 6.57. The van der Waals surface area contributed by atoms with Gasteiger partial charge in [0.15, 0.2) is 12.4 Å². The lowest BCUT2D eigenvalue weighted by Crippen LogP contribution is -2.45. The van der Waals surface area contributed by atoms with E-state index in [0.717, 1.165) is 18.4 Å². The van der Waals surface area contributed by atoms with Gasteiger partial charge >= 0.3 is 6.09 Å². The summed E-state index contributed by atoms with van der Waals surface area (Å²) in [6.45, 7) is -0.956. The molecule has 1 aliphatic rings. The van der Waals surface area contributed by atoms with Crippen molar-refractivity contribution in [2.75, 3.05) is 11.5 Å². The average molecular weight is 380 g/mol. The van der Waals surface area contributed by atoms with E-state index < -0.39 is 19.1 Å². The zero-order chi connectivity index (χ0) is 19.4. The van der Waals surface area contributed by atoms with Gasteiger partial charge in [0.05, 0.1) is 24.3 Å². The van der Waals surface area contributed by atoms with Crippen LogP contribution in [0.3, 0.4) is 0 Å². The quantitative estimate of drug-likeness (QED) is 0.855. The van der Waals surface area contributed by atoms with E-state index in [9.17, 15) is 13.6 Å².